The number of aliphatic hydroxyl groups excluding tert-OH is 1. The zero-order chi connectivity index (χ0) is 30.3. The summed E-state index contributed by atoms with van der Waals surface area (Å²) in [4.78, 5) is 11.5. The normalized spacial score (nSPS) is 21.5. The number of piperidine rings is 1. The fourth-order valence-corrected chi connectivity index (χ4v) is 7.36. The lowest BCUT2D eigenvalue weighted by atomic mass is 9.97. The van der Waals surface area contributed by atoms with E-state index >= 15 is 0 Å². The lowest BCUT2D eigenvalue weighted by molar-refractivity contribution is 0.0889. The van der Waals surface area contributed by atoms with Crippen molar-refractivity contribution in [3.05, 3.63) is 121 Å². The Bertz CT molecular complexity index is 1950. The molecule has 7 nitrogen and oxygen atoms in total. The molecule has 4 atom stereocenters. The van der Waals surface area contributed by atoms with Crippen molar-refractivity contribution in [1.29, 1.82) is 0 Å². The Morgan fingerprint density at radius 2 is 1.67 bits per heavy atom. The van der Waals surface area contributed by atoms with Crippen molar-refractivity contribution in [1.82, 2.24) is 24.8 Å². The SMILES string of the molecule is CN1C2CC(NCc3ccc(-c4ccc5ncnc(Nc6ccc7c(ccn7Cc7ccccc7)c6)c5c4)cc3)CC1C(O)C2. The van der Waals surface area contributed by atoms with Gasteiger partial charge in [-0.3, -0.25) is 4.90 Å². The first-order chi connectivity index (χ1) is 22.1. The Morgan fingerprint density at radius 3 is 2.51 bits per heavy atom. The number of benzene rings is 4. The quantitative estimate of drug-likeness (QED) is 0.181. The number of nitrogens with one attached hydrogen (secondary N) is 2. The van der Waals surface area contributed by atoms with Crippen molar-refractivity contribution in [2.24, 2.45) is 0 Å². The molecular weight excluding hydrogens is 556 g/mol. The van der Waals surface area contributed by atoms with Crippen LogP contribution in [0, 0.1) is 0 Å². The lowest BCUT2D eigenvalue weighted by Gasteiger charge is -2.37. The summed E-state index contributed by atoms with van der Waals surface area (Å²) in [6.45, 7) is 1.68. The van der Waals surface area contributed by atoms with Gasteiger partial charge >= 0.3 is 0 Å². The molecule has 0 saturated carbocycles. The van der Waals surface area contributed by atoms with Gasteiger partial charge in [0.05, 0.1) is 11.6 Å². The van der Waals surface area contributed by atoms with Crippen LogP contribution in [-0.2, 0) is 13.1 Å². The zero-order valence-corrected chi connectivity index (χ0v) is 25.5. The molecule has 0 spiro atoms. The summed E-state index contributed by atoms with van der Waals surface area (Å²) >= 11 is 0. The predicted octanol–water partition coefficient (Wildman–Crippen LogP) is 6.73. The van der Waals surface area contributed by atoms with Gasteiger partial charge in [0.25, 0.3) is 0 Å². The van der Waals surface area contributed by atoms with Gasteiger partial charge in [0, 0.05) is 59.4 Å². The fourth-order valence-electron chi connectivity index (χ4n) is 7.36. The Morgan fingerprint density at radius 1 is 0.822 bits per heavy atom. The van der Waals surface area contributed by atoms with E-state index in [9.17, 15) is 5.11 Å². The second-order valence-corrected chi connectivity index (χ2v) is 12.7. The average Bonchev–Trinajstić information content (AvgIpc) is 3.52. The predicted molar refractivity (Wildman–Crippen MR) is 182 cm³/mol. The topological polar surface area (TPSA) is 78.2 Å². The molecule has 2 bridgehead atoms. The van der Waals surface area contributed by atoms with E-state index in [1.807, 2.05) is 0 Å². The monoisotopic (exact) mass is 594 g/mol. The molecule has 2 aliphatic heterocycles. The van der Waals surface area contributed by atoms with Gasteiger partial charge in [-0.15, -0.1) is 0 Å². The summed E-state index contributed by atoms with van der Waals surface area (Å²) in [5, 5.41) is 19.9. The zero-order valence-electron chi connectivity index (χ0n) is 25.5. The van der Waals surface area contributed by atoms with E-state index in [0.717, 1.165) is 65.9 Å². The van der Waals surface area contributed by atoms with E-state index in [0.29, 0.717) is 12.1 Å². The first-order valence-electron chi connectivity index (χ1n) is 15.9. The van der Waals surface area contributed by atoms with Crippen LogP contribution < -0.4 is 10.6 Å². The second-order valence-electron chi connectivity index (χ2n) is 12.7. The standard InChI is InChI=1S/C38H38N6O/c1-43-32-19-31(20-36(43)37(45)21-32)39-22-25-7-9-27(10-8-25)28-11-13-34-33(18-28)38(41-24-40-34)42-30-12-14-35-29(17-30)15-16-44(35)23-26-5-3-2-4-6-26/h2-18,24,31-32,36-37,39,45H,19-23H2,1H3,(H,40,41,42). The minimum Gasteiger partial charge on any atom is -0.391 e. The number of anilines is 2. The molecule has 3 N–H and O–H groups in total. The van der Waals surface area contributed by atoms with Crippen molar-refractivity contribution in [2.45, 2.75) is 56.6 Å². The van der Waals surface area contributed by atoms with Crippen LogP contribution in [0.3, 0.4) is 0 Å². The van der Waals surface area contributed by atoms with Crippen LogP contribution in [0.2, 0.25) is 0 Å². The summed E-state index contributed by atoms with van der Waals surface area (Å²) in [6.07, 6.45) is 6.61. The third-order valence-electron chi connectivity index (χ3n) is 9.89. The number of rotatable bonds is 8. The number of nitrogens with zero attached hydrogens (tertiary/aromatic N) is 4. The van der Waals surface area contributed by atoms with Crippen LogP contribution >= 0.6 is 0 Å². The van der Waals surface area contributed by atoms with Crippen LogP contribution in [0.5, 0.6) is 0 Å². The van der Waals surface area contributed by atoms with E-state index in [1.54, 1.807) is 6.33 Å². The molecule has 45 heavy (non-hydrogen) atoms. The third kappa shape index (κ3) is 5.59. The molecule has 4 heterocycles. The molecule has 6 aromatic rings. The highest BCUT2D eigenvalue weighted by atomic mass is 16.3. The van der Waals surface area contributed by atoms with Gasteiger partial charge in [0.2, 0.25) is 0 Å². The van der Waals surface area contributed by atoms with Gasteiger partial charge in [0.1, 0.15) is 12.1 Å². The number of aliphatic hydroxyl groups is 1. The van der Waals surface area contributed by atoms with Crippen LogP contribution in [0.25, 0.3) is 32.9 Å². The summed E-state index contributed by atoms with van der Waals surface area (Å²) < 4.78 is 2.28. The first kappa shape index (κ1) is 28.0. The lowest BCUT2D eigenvalue weighted by Crippen LogP contribution is -2.48. The van der Waals surface area contributed by atoms with Gasteiger partial charge in [-0.1, -0.05) is 60.7 Å². The molecule has 0 radical (unpaired) electrons. The summed E-state index contributed by atoms with van der Waals surface area (Å²) in [5.74, 6) is 0.794. The summed E-state index contributed by atoms with van der Waals surface area (Å²) in [6, 6.07) is 35.6. The molecule has 2 saturated heterocycles. The summed E-state index contributed by atoms with van der Waals surface area (Å²) in [5.41, 5.74) is 7.96. The maximum absolute atomic E-state index is 10.4. The molecule has 8 rings (SSSR count). The van der Waals surface area contributed by atoms with E-state index in [2.05, 4.69) is 140 Å². The van der Waals surface area contributed by atoms with Gasteiger partial charge < -0.3 is 20.3 Å². The third-order valence-corrected chi connectivity index (χ3v) is 9.89. The Labute approximate surface area is 263 Å². The van der Waals surface area contributed by atoms with E-state index in [-0.39, 0.29) is 12.1 Å². The molecule has 2 fully saturated rings. The van der Waals surface area contributed by atoms with Crippen LogP contribution in [0.15, 0.2) is 110 Å². The largest absolute Gasteiger partial charge is 0.391 e. The smallest absolute Gasteiger partial charge is 0.141 e. The Hall–Kier alpha value is -4.56. The molecular formula is C38H38N6O. The highest BCUT2D eigenvalue weighted by molar-refractivity contribution is 5.94. The van der Waals surface area contributed by atoms with Gasteiger partial charge in [-0.25, -0.2) is 9.97 Å². The second kappa shape index (κ2) is 11.7. The molecule has 0 aliphatic carbocycles. The fraction of sp³-hybridized carbons (Fsp3) is 0.263. The minimum absolute atomic E-state index is 0.184. The highest BCUT2D eigenvalue weighted by Gasteiger charge is 2.43. The Kier molecular flexibility index (Phi) is 7.30. The van der Waals surface area contributed by atoms with Gasteiger partial charge in [-0.2, -0.15) is 0 Å². The van der Waals surface area contributed by atoms with Crippen molar-refractivity contribution in [3.8, 4) is 11.1 Å². The number of aromatic nitrogens is 3. The summed E-state index contributed by atoms with van der Waals surface area (Å²) in [7, 11) is 2.16. The number of likely N-dealkylation sites (N-methyl/N-ethyl adjacent to an activating group) is 1. The molecule has 2 aliphatic rings. The Balaban J connectivity index is 0.974. The van der Waals surface area contributed by atoms with Crippen molar-refractivity contribution >= 4 is 33.3 Å². The average molecular weight is 595 g/mol. The molecule has 226 valence electrons. The van der Waals surface area contributed by atoms with Crippen LogP contribution in [-0.4, -0.2) is 55.8 Å². The number of hydrogen-bond donors (Lipinski definition) is 3. The van der Waals surface area contributed by atoms with E-state index in [4.69, 9.17) is 0 Å². The van der Waals surface area contributed by atoms with Crippen molar-refractivity contribution in [2.75, 3.05) is 12.4 Å². The van der Waals surface area contributed by atoms with E-state index in [1.165, 1.54) is 22.0 Å². The van der Waals surface area contributed by atoms with E-state index < -0.39 is 0 Å². The molecule has 2 aromatic heterocycles. The molecule has 7 heteroatoms. The van der Waals surface area contributed by atoms with Crippen molar-refractivity contribution < 1.29 is 5.11 Å². The van der Waals surface area contributed by atoms with Gasteiger partial charge in [-0.05, 0) is 85.0 Å². The maximum atomic E-state index is 10.4. The first-order valence-corrected chi connectivity index (χ1v) is 15.9. The molecule has 4 aromatic carbocycles. The molecule has 4 unspecified atom stereocenters. The van der Waals surface area contributed by atoms with Crippen LogP contribution in [0.1, 0.15) is 30.4 Å². The van der Waals surface area contributed by atoms with Crippen LogP contribution in [0.4, 0.5) is 11.5 Å². The van der Waals surface area contributed by atoms with Crippen molar-refractivity contribution in [3.63, 3.8) is 0 Å². The maximum Gasteiger partial charge on any atom is 0.141 e. The molecule has 0 amide bonds. The highest BCUT2D eigenvalue weighted by Crippen LogP contribution is 2.35. The number of hydrogen-bond acceptors (Lipinski definition) is 6. The van der Waals surface area contributed by atoms with Gasteiger partial charge in [0.15, 0.2) is 0 Å². The number of fused-ring (bicyclic) bond motifs is 4. The minimum atomic E-state index is -0.184.